The lowest BCUT2D eigenvalue weighted by molar-refractivity contribution is 0.102. The Balaban J connectivity index is 1.72. The van der Waals surface area contributed by atoms with Gasteiger partial charge in [0.15, 0.2) is 11.5 Å². The summed E-state index contributed by atoms with van der Waals surface area (Å²) in [4.78, 5) is 28.4. The molecule has 0 fully saturated rings. The highest BCUT2D eigenvalue weighted by Gasteiger charge is 2.16. The molecule has 0 aliphatic carbocycles. The number of aromatic nitrogens is 2. The standard InChI is InChI=1S/C18H17N3O4S/c1-11-16(26-18(23)21(11)2)17(22)20-12-8-9-15(19-10-12)25-14-7-5-4-6-13(14)24-3/h4-10H,1-3H3,(H,20,22). The van der Waals surface area contributed by atoms with Crippen molar-refractivity contribution < 1.29 is 14.3 Å². The van der Waals surface area contributed by atoms with E-state index in [9.17, 15) is 9.59 Å². The lowest BCUT2D eigenvalue weighted by Crippen LogP contribution is -2.13. The number of methoxy groups -OCH3 is 1. The summed E-state index contributed by atoms with van der Waals surface area (Å²) in [5, 5.41) is 2.73. The molecular weight excluding hydrogens is 354 g/mol. The van der Waals surface area contributed by atoms with Gasteiger partial charge in [0.2, 0.25) is 5.88 Å². The molecule has 0 spiro atoms. The molecule has 1 aromatic carbocycles. The van der Waals surface area contributed by atoms with Gasteiger partial charge in [0.1, 0.15) is 4.88 Å². The van der Waals surface area contributed by atoms with Gasteiger partial charge in [-0.1, -0.05) is 23.5 Å². The number of thiazole rings is 1. The van der Waals surface area contributed by atoms with Crippen LogP contribution < -0.4 is 19.7 Å². The zero-order chi connectivity index (χ0) is 18.7. The number of benzene rings is 1. The van der Waals surface area contributed by atoms with Crippen LogP contribution in [0, 0.1) is 6.92 Å². The minimum Gasteiger partial charge on any atom is -0.493 e. The fraction of sp³-hybridized carbons (Fsp3) is 0.167. The molecular formula is C18H17N3O4S. The number of amides is 1. The third-order valence-electron chi connectivity index (χ3n) is 3.78. The van der Waals surface area contributed by atoms with Gasteiger partial charge >= 0.3 is 4.87 Å². The second kappa shape index (κ2) is 7.40. The molecule has 2 aromatic heterocycles. The molecule has 0 radical (unpaired) electrons. The van der Waals surface area contributed by atoms with Gasteiger partial charge in [0, 0.05) is 18.8 Å². The fourth-order valence-electron chi connectivity index (χ4n) is 2.25. The van der Waals surface area contributed by atoms with Crippen LogP contribution in [0.2, 0.25) is 0 Å². The molecule has 3 aromatic rings. The van der Waals surface area contributed by atoms with Crippen LogP contribution in [0.5, 0.6) is 17.4 Å². The normalized spacial score (nSPS) is 10.4. The lowest BCUT2D eigenvalue weighted by atomic mass is 10.3. The zero-order valence-corrected chi connectivity index (χ0v) is 15.3. The van der Waals surface area contributed by atoms with Gasteiger partial charge in [-0.25, -0.2) is 4.98 Å². The molecule has 0 saturated heterocycles. The molecule has 8 heteroatoms. The molecule has 134 valence electrons. The van der Waals surface area contributed by atoms with Crippen molar-refractivity contribution in [1.82, 2.24) is 9.55 Å². The minimum absolute atomic E-state index is 0.175. The van der Waals surface area contributed by atoms with Gasteiger partial charge < -0.3 is 19.4 Å². The van der Waals surface area contributed by atoms with E-state index in [2.05, 4.69) is 10.3 Å². The first-order chi connectivity index (χ1) is 12.5. The highest BCUT2D eigenvalue weighted by Crippen LogP contribution is 2.30. The number of hydrogen-bond donors (Lipinski definition) is 1. The Labute approximate surface area is 153 Å². The Morgan fingerprint density at radius 3 is 2.50 bits per heavy atom. The van der Waals surface area contributed by atoms with Crippen LogP contribution in [0.25, 0.3) is 0 Å². The Bertz CT molecular complexity index is 992. The van der Waals surface area contributed by atoms with E-state index in [1.807, 2.05) is 12.1 Å². The predicted octanol–water partition coefficient (Wildman–Crippen LogP) is 3.20. The predicted molar refractivity (Wildman–Crippen MR) is 99.6 cm³/mol. The van der Waals surface area contributed by atoms with Crippen molar-refractivity contribution in [2.75, 3.05) is 12.4 Å². The van der Waals surface area contributed by atoms with Gasteiger partial charge in [0.05, 0.1) is 19.0 Å². The molecule has 0 bridgehead atoms. The number of carbonyl (C=O) groups is 1. The summed E-state index contributed by atoms with van der Waals surface area (Å²) in [7, 11) is 3.20. The molecule has 26 heavy (non-hydrogen) atoms. The largest absolute Gasteiger partial charge is 0.493 e. The first-order valence-corrected chi connectivity index (χ1v) is 8.56. The number of hydrogen-bond acceptors (Lipinski definition) is 6. The lowest BCUT2D eigenvalue weighted by Gasteiger charge is -2.10. The second-order valence-corrected chi connectivity index (χ2v) is 6.40. The second-order valence-electron chi connectivity index (χ2n) is 5.43. The van der Waals surface area contributed by atoms with Crippen LogP contribution in [0.3, 0.4) is 0 Å². The van der Waals surface area contributed by atoms with Crippen molar-refractivity contribution >= 4 is 22.9 Å². The van der Waals surface area contributed by atoms with Crippen LogP contribution in [0.1, 0.15) is 15.4 Å². The topological polar surface area (TPSA) is 82.5 Å². The van der Waals surface area contributed by atoms with E-state index in [0.29, 0.717) is 33.6 Å². The molecule has 1 N–H and O–H groups in total. The van der Waals surface area contributed by atoms with Crippen molar-refractivity contribution in [3.63, 3.8) is 0 Å². The summed E-state index contributed by atoms with van der Waals surface area (Å²) < 4.78 is 12.4. The molecule has 3 rings (SSSR count). The molecule has 0 unspecified atom stereocenters. The Kier molecular flexibility index (Phi) is 5.04. The molecule has 7 nitrogen and oxygen atoms in total. The quantitative estimate of drug-likeness (QED) is 0.745. The SMILES string of the molecule is COc1ccccc1Oc1ccc(NC(=O)c2sc(=O)n(C)c2C)cn1. The molecule has 0 saturated carbocycles. The van der Waals surface area contributed by atoms with Gasteiger partial charge in [-0.2, -0.15) is 0 Å². The Morgan fingerprint density at radius 2 is 1.92 bits per heavy atom. The van der Waals surface area contributed by atoms with Crippen molar-refractivity contribution in [2.45, 2.75) is 6.92 Å². The van der Waals surface area contributed by atoms with Crippen molar-refractivity contribution in [3.8, 4) is 17.4 Å². The van der Waals surface area contributed by atoms with E-state index in [1.165, 1.54) is 10.8 Å². The zero-order valence-electron chi connectivity index (χ0n) is 14.5. The number of para-hydroxylation sites is 2. The van der Waals surface area contributed by atoms with E-state index in [0.717, 1.165) is 11.3 Å². The highest BCUT2D eigenvalue weighted by atomic mass is 32.1. The summed E-state index contributed by atoms with van der Waals surface area (Å²) in [6, 6.07) is 10.6. The minimum atomic E-state index is -0.342. The number of nitrogens with zero attached hydrogens (tertiary/aromatic N) is 2. The van der Waals surface area contributed by atoms with E-state index >= 15 is 0 Å². The Hall–Kier alpha value is -3.13. The average molecular weight is 371 g/mol. The van der Waals surface area contributed by atoms with Crippen LogP contribution in [0.4, 0.5) is 5.69 Å². The van der Waals surface area contributed by atoms with Crippen molar-refractivity contribution in [1.29, 1.82) is 0 Å². The van der Waals surface area contributed by atoms with Crippen molar-refractivity contribution in [3.05, 3.63) is 62.8 Å². The van der Waals surface area contributed by atoms with E-state index in [1.54, 1.807) is 45.3 Å². The molecule has 0 atom stereocenters. The van der Waals surface area contributed by atoms with Crippen LogP contribution in [-0.4, -0.2) is 22.6 Å². The number of pyridine rings is 1. The average Bonchev–Trinajstić information content (AvgIpc) is 2.91. The summed E-state index contributed by atoms with van der Waals surface area (Å²) in [6.07, 6.45) is 1.49. The van der Waals surface area contributed by atoms with E-state index < -0.39 is 0 Å². The molecule has 2 heterocycles. The van der Waals surface area contributed by atoms with Crippen LogP contribution in [-0.2, 0) is 7.05 Å². The number of carbonyl (C=O) groups excluding carboxylic acids is 1. The molecule has 1 amide bonds. The Morgan fingerprint density at radius 1 is 1.19 bits per heavy atom. The van der Waals surface area contributed by atoms with Crippen LogP contribution in [0.15, 0.2) is 47.4 Å². The highest BCUT2D eigenvalue weighted by molar-refractivity contribution is 7.11. The number of rotatable bonds is 5. The molecule has 0 aliphatic rings. The van der Waals surface area contributed by atoms with Gasteiger partial charge in [-0.3, -0.25) is 9.59 Å². The number of nitrogens with one attached hydrogen (secondary N) is 1. The fourth-order valence-corrected chi connectivity index (χ4v) is 3.12. The summed E-state index contributed by atoms with van der Waals surface area (Å²) in [6.45, 7) is 1.73. The summed E-state index contributed by atoms with van der Waals surface area (Å²) in [5.41, 5.74) is 1.13. The maximum atomic E-state index is 12.3. The van der Waals surface area contributed by atoms with Crippen molar-refractivity contribution in [2.24, 2.45) is 7.05 Å². The number of anilines is 1. The first-order valence-electron chi connectivity index (χ1n) is 7.74. The summed E-state index contributed by atoms with van der Waals surface area (Å²) in [5.74, 6) is 1.17. The monoisotopic (exact) mass is 371 g/mol. The maximum Gasteiger partial charge on any atom is 0.307 e. The third kappa shape index (κ3) is 3.60. The van der Waals surface area contributed by atoms with Gasteiger partial charge in [-0.15, -0.1) is 0 Å². The number of ether oxygens (including phenoxy) is 2. The third-order valence-corrected chi connectivity index (χ3v) is 4.91. The smallest absolute Gasteiger partial charge is 0.307 e. The van der Waals surface area contributed by atoms with Gasteiger partial charge in [-0.05, 0) is 25.1 Å². The molecule has 0 aliphatic heterocycles. The maximum absolute atomic E-state index is 12.3. The van der Waals surface area contributed by atoms with Crippen LogP contribution >= 0.6 is 11.3 Å². The van der Waals surface area contributed by atoms with Gasteiger partial charge in [0.25, 0.3) is 5.91 Å². The summed E-state index contributed by atoms with van der Waals surface area (Å²) >= 11 is 0.914. The first kappa shape index (κ1) is 17.7. The van der Waals surface area contributed by atoms with E-state index in [-0.39, 0.29) is 10.8 Å². The van der Waals surface area contributed by atoms with E-state index in [4.69, 9.17) is 9.47 Å².